The smallest absolute Gasteiger partial charge is 0.255 e. The summed E-state index contributed by atoms with van der Waals surface area (Å²) in [6, 6.07) is 15.4. The molecule has 0 atom stereocenters. The highest BCUT2D eigenvalue weighted by Gasteiger charge is 2.25. The fourth-order valence-corrected chi connectivity index (χ4v) is 3.41. The summed E-state index contributed by atoms with van der Waals surface area (Å²) in [4.78, 5) is 21.2. The van der Waals surface area contributed by atoms with Gasteiger partial charge in [0.25, 0.3) is 5.91 Å². The molecule has 1 fully saturated rings. The number of imidazole rings is 1. The number of nitrogens with zero attached hydrogens (tertiary/aromatic N) is 3. The maximum absolute atomic E-state index is 12.3. The Bertz CT molecular complexity index is 1210. The molecule has 1 saturated carbocycles. The zero-order chi connectivity index (χ0) is 20.5. The summed E-state index contributed by atoms with van der Waals surface area (Å²) in [7, 11) is 0. The summed E-state index contributed by atoms with van der Waals surface area (Å²) in [5.41, 5.74) is 3.70. The average Bonchev–Trinajstić information content (AvgIpc) is 3.47. The van der Waals surface area contributed by atoms with Crippen LogP contribution in [0, 0.1) is 0 Å². The number of aromatic hydroxyl groups is 1. The molecular weight excluding hydrogens is 378 g/mol. The molecule has 1 aliphatic rings. The molecule has 2 aromatic heterocycles. The molecule has 0 radical (unpaired) electrons. The van der Waals surface area contributed by atoms with E-state index in [-0.39, 0.29) is 23.3 Å². The number of phenols is 1. The predicted octanol–water partition coefficient (Wildman–Crippen LogP) is 3.61. The van der Waals surface area contributed by atoms with Crippen molar-refractivity contribution in [3.63, 3.8) is 0 Å². The molecule has 5 rings (SSSR count). The van der Waals surface area contributed by atoms with Gasteiger partial charge >= 0.3 is 0 Å². The van der Waals surface area contributed by atoms with Gasteiger partial charge in [0.2, 0.25) is 0 Å². The Morgan fingerprint density at radius 3 is 2.73 bits per heavy atom. The molecule has 0 unspecified atom stereocenters. The van der Waals surface area contributed by atoms with Crippen LogP contribution in [0.4, 0.5) is 5.82 Å². The lowest BCUT2D eigenvalue weighted by atomic mass is 10.1. The molecule has 0 spiro atoms. The number of hydrogen-bond acceptors (Lipinski definition) is 5. The standard InChI is InChI=1S/C23H21N5O2/c29-20-12-16(6-9-18(20)23(30)27-17-7-8-17)19-14-26-22-21(24-10-11-28(19)22)25-13-15-4-2-1-3-5-15/h1-6,9-12,14,17,29H,7-8,13H2,(H,24,25)(H,27,30). The van der Waals surface area contributed by atoms with Gasteiger partial charge in [-0.05, 0) is 30.5 Å². The zero-order valence-electron chi connectivity index (χ0n) is 16.2. The first-order valence-electron chi connectivity index (χ1n) is 9.93. The monoisotopic (exact) mass is 399 g/mol. The first-order valence-corrected chi connectivity index (χ1v) is 9.93. The van der Waals surface area contributed by atoms with Crippen molar-refractivity contribution in [3.8, 4) is 17.0 Å². The molecule has 30 heavy (non-hydrogen) atoms. The van der Waals surface area contributed by atoms with E-state index >= 15 is 0 Å². The second-order valence-electron chi connectivity index (χ2n) is 7.43. The zero-order valence-corrected chi connectivity index (χ0v) is 16.2. The number of anilines is 1. The Labute approximate surface area is 173 Å². The van der Waals surface area contributed by atoms with Gasteiger partial charge in [-0.15, -0.1) is 0 Å². The van der Waals surface area contributed by atoms with Gasteiger partial charge in [0.15, 0.2) is 11.5 Å². The van der Waals surface area contributed by atoms with Gasteiger partial charge < -0.3 is 15.7 Å². The molecule has 150 valence electrons. The Balaban J connectivity index is 1.42. The molecule has 0 saturated heterocycles. The van der Waals surface area contributed by atoms with Crippen LogP contribution in [-0.2, 0) is 6.54 Å². The molecular formula is C23H21N5O2. The van der Waals surface area contributed by atoms with Crippen molar-refractivity contribution in [1.82, 2.24) is 19.7 Å². The van der Waals surface area contributed by atoms with E-state index in [1.807, 2.05) is 47.0 Å². The largest absolute Gasteiger partial charge is 0.507 e. The van der Waals surface area contributed by atoms with E-state index in [0.717, 1.165) is 29.7 Å². The third kappa shape index (κ3) is 3.57. The first-order chi connectivity index (χ1) is 14.7. The van der Waals surface area contributed by atoms with Gasteiger partial charge in [-0.3, -0.25) is 9.20 Å². The number of benzene rings is 2. The van der Waals surface area contributed by atoms with Crippen LogP contribution in [0.3, 0.4) is 0 Å². The summed E-state index contributed by atoms with van der Waals surface area (Å²) in [6.45, 7) is 0.640. The topological polar surface area (TPSA) is 91.5 Å². The second kappa shape index (κ2) is 7.51. The lowest BCUT2D eigenvalue weighted by molar-refractivity contribution is 0.0948. The summed E-state index contributed by atoms with van der Waals surface area (Å²) in [6.07, 6.45) is 7.28. The SMILES string of the molecule is O=C(NC1CC1)c1ccc(-c2cnc3c(NCc4ccccc4)nccn23)cc1O. The van der Waals surface area contributed by atoms with E-state index < -0.39 is 0 Å². The van der Waals surface area contributed by atoms with E-state index in [1.54, 1.807) is 24.5 Å². The predicted molar refractivity (Wildman–Crippen MR) is 114 cm³/mol. The number of phenolic OH excluding ortho intramolecular Hbond substituents is 1. The van der Waals surface area contributed by atoms with E-state index in [4.69, 9.17) is 0 Å². The van der Waals surface area contributed by atoms with Crippen molar-refractivity contribution < 1.29 is 9.90 Å². The Morgan fingerprint density at radius 2 is 1.97 bits per heavy atom. The van der Waals surface area contributed by atoms with Crippen LogP contribution < -0.4 is 10.6 Å². The highest BCUT2D eigenvalue weighted by Crippen LogP contribution is 2.29. The molecule has 1 amide bonds. The van der Waals surface area contributed by atoms with Crippen molar-refractivity contribution in [2.45, 2.75) is 25.4 Å². The maximum atomic E-state index is 12.3. The van der Waals surface area contributed by atoms with E-state index in [0.29, 0.717) is 18.0 Å². The maximum Gasteiger partial charge on any atom is 0.255 e. The Hall–Kier alpha value is -3.87. The van der Waals surface area contributed by atoms with Crippen LogP contribution >= 0.6 is 0 Å². The highest BCUT2D eigenvalue weighted by molar-refractivity contribution is 5.97. The number of carbonyl (C=O) groups is 1. The van der Waals surface area contributed by atoms with Crippen molar-refractivity contribution in [1.29, 1.82) is 0 Å². The number of rotatable bonds is 6. The molecule has 0 bridgehead atoms. The average molecular weight is 399 g/mol. The number of amides is 1. The van der Waals surface area contributed by atoms with Crippen LogP contribution in [-0.4, -0.2) is 31.4 Å². The molecule has 7 nitrogen and oxygen atoms in total. The van der Waals surface area contributed by atoms with Crippen molar-refractivity contribution in [2.75, 3.05) is 5.32 Å². The fourth-order valence-electron chi connectivity index (χ4n) is 3.41. The minimum absolute atomic E-state index is 0.0444. The first kappa shape index (κ1) is 18.2. The quantitative estimate of drug-likeness (QED) is 0.461. The summed E-state index contributed by atoms with van der Waals surface area (Å²) in [5, 5.41) is 16.6. The third-order valence-corrected chi connectivity index (χ3v) is 5.18. The minimum atomic E-state index is -0.240. The van der Waals surface area contributed by atoms with Crippen molar-refractivity contribution in [3.05, 3.63) is 78.2 Å². The van der Waals surface area contributed by atoms with Crippen LogP contribution in [0.15, 0.2) is 67.1 Å². The van der Waals surface area contributed by atoms with Crippen LogP contribution in [0.1, 0.15) is 28.8 Å². The minimum Gasteiger partial charge on any atom is -0.507 e. The summed E-state index contributed by atoms with van der Waals surface area (Å²) in [5.74, 6) is 0.394. The van der Waals surface area contributed by atoms with Crippen LogP contribution in [0.25, 0.3) is 16.9 Å². The Kier molecular flexibility index (Phi) is 4.55. The Morgan fingerprint density at radius 1 is 1.13 bits per heavy atom. The van der Waals surface area contributed by atoms with Gasteiger partial charge in [0, 0.05) is 30.5 Å². The van der Waals surface area contributed by atoms with Gasteiger partial charge in [-0.1, -0.05) is 36.4 Å². The number of carbonyl (C=O) groups excluding carboxylic acids is 1. The second-order valence-corrected chi connectivity index (χ2v) is 7.43. The molecule has 7 heteroatoms. The van der Waals surface area contributed by atoms with E-state index in [1.165, 1.54) is 0 Å². The van der Waals surface area contributed by atoms with E-state index in [2.05, 4.69) is 20.6 Å². The van der Waals surface area contributed by atoms with Crippen LogP contribution in [0.5, 0.6) is 5.75 Å². The molecule has 2 heterocycles. The molecule has 0 aliphatic heterocycles. The van der Waals surface area contributed by atoms with Crippen LogP contribution in [0.2, 0.25) is 0 Å². The lowest BCUT2D eigenvalue weighted by Crippen LogP contribution is -2.25. The lowest BCUT2D eigenvalue weighted by Gasteiger charge is -2.09. The van der Waals surface area contributed by atoms with Gasteiger partial charge in [0.05, 0.1) is 17.5 Å². The van der Waals surface area contributed by atoms with E-state index in [9.17, 15) is 9.90 Å². The number of fused-ring (bicyclic) bond motifs is 1. The molecule has 4 aromatic rings. The third-order valence-electron chi connectivity index (χ3n) is 5.18. The van der Waals surface area contributed by atoms with Gasteiger partial charge in [0.1, 0.15) is 5.75 Å². The molecule has 1 aliphatic carbocycles. The van der Waals surface area contributed by atoms with Crippen molar-refractivity contribution >= 4 is 17.4 Å². The number of hydrogen-bond donors (Lipinski definition) is 3. The van der Waals surface area contributed by atoms with Gasteiger partial charge in [-0.2, -0.15) is 0 Å². The molecule has 3 N–H and O–H groups in total. The number of nitrogens with one attached hydrogen (secondary N) is 2. The summed E-state index contributed by atoms with van der Waals surface area (Å²) >= 11 is 0. The summed E-state index contributed by atoms with van der Waals surface area (Å²) < 4.78 is 1.92. The fraction of sp³-hybridized carbons (Fsp3) is 0.174. The highest BCUT2D eigenvalue weighted by atomic mass is 16.3. The normalized spacial score (nSPS) is 13.3. The molecule has 2 aromatic carbocycles. The van der Waals surface area contributed by atoms with Crippen molar-refractivity contribution in [2.24, 2.45) is 0 Å². The number of aromatic nitrogens is 3. The van der Waals surface area contributed by atoms with Gasteiger partial charge in [-0.25, -0.2) is 9.97 Å².